The van der Waals surface area contributed by atoms with Crippen molar-refractivity contribution in [2.75, 3.05) is 6.54 Å². The van der Waals surface area contributed by atoms with Crippen LogP contribution < -0.4 is 0 Å². The quantitative estimate of drug-likeness (QED) is 0.601. The summed E-state index contributed by atoms with van der Waals surface area (Å²) in [5.74, 6) is 0.452. The Morgan fingerprint density at radius 2 is 2.00 bits per heavy atom. The number of carboxylic acid groups (broad SMARTS) is 1. The molecule has 1 heterocycles. The van der Waals surface area contributed by atoms with E-state index >= 15 is 0 Å². The highest BCUT2D eigenvalue weighted by Crippen LogP contribution is 2.58. The number of benzene rings is 1. The number of rotatable bonds is 6. The van der Waals surface area contributed by atoms with E-state index in [2.05, 4.69) is 53.7 Å². The number of carbonyl (C=O) groups excluding carboxylic acids is 1. The van der Waals surface area contributed by atoms with Gasteiger partial charge in [-0.25, -0.2) is 0 Å². The lowest BCUT2D eigenvalue weighted by atomic mass is 9.68. The lowest BCUT2D eigenvalue weighted by molar-refractivity contribution is -0.138. The summed E-state index contributed by atoms with van der Waals surface area (Å²) in [7, 11) is 0. The summed E-state index contributed by atoms with van der Waals surface area (Å²) < 4.78 is 0. The van der Waals surface area contributed by atoms with Crippen LogP contribution >= 0.6 is 11.6 Å². The van der Waals surface area contributed by atoms with Crippen molar-refractivity contribution in [3.8, 4) is 0 Å². The van der Waals surface area contributed by atoms with E-state index in [9.17, 15) is 9.59 Å². The molecule has 30 heavy (non-hydrogen) atoms. The zero-order valence-electron chi connectivity index (χ0n) is 19.0. The predicted octanol–water partition coefficient (Wildman–Crippen LogP) is 5.99. The Bertz CT molecular complexity index is 883. The van der Waals surface area contributed by atoms with Crippen molar-refractivity contribution in [1.82, 2.24) is 4.90 Å². The van der Waals surface area contributed by atoms with E-state index in [0.717, 1.165) is 16.2 Å². The number of hydrogen-bond acceptors (Lipinski definition) is 2. The van der Waals surface area contributed by atoms with Crippen LogP contribution in [0, 0.1) is 17.3 Å². The molecule has 0 bridgehead atoms. The molecule has 1 aliphatic carbocycles. The van der Waals surface area contributed by atoms with Crippen LogP contribution in [0.1, 0.15) is 77.8 Å². The van der Waals surface area contributed by atoms with Gasteiger partial charge in [0.15, 0.2) is 0 Å². The maximum Gasteiger partial charge on any atom is 0.305 e. The van der Waals surface area contributed by atoms with Crippen molar-refractivity contribution in [2.24, 2.45) is 17.3 Å². The minimum Gasteiger partial charge on any atom is -0.481 e. The SMILES string of the molecule is CC(C)C1=CN(CCC(=O)O)C(=O)C[C@@]1(C)c1ccc(C2CC2C(C)(C)C)c(Cl)c1. The fourth-order valence-electron chi connectivity index (χ4n) is 5.02. The van der Waals surface area contributed by atoms with Crippen LogP contribution in [0.15, 0.2) is 30.0 Å². The Balaban J connectivity index is 1.92. The summed E-state index contributed by atoms with van der Waals surface area (Å²) in [4.78, 5) is 25.4. The number of hydrogen-bond donors (Lipinski definition) is 1. The minimum absolute atomic E-state index is 0.0432. The van der Waals surface area contributed by atoms with Gasteiger partial charge in [-0.05, 0) is 52.4 Å². The topological polar surface area (TPSA) is 57.6 Å². The third kappa shape index (κ3) is 4.44. The van der Waals surface area contributed by atoms with Crippen molar-refractivity contribution in [3.63, 3.8) is 0 Å². The lowest BCUT2D eigenvalue weighted by Gasteiger charge is -2.41. The minimum atomic E-state index is -0.897. The van der Waals surface area contributed by atoms with E-state index < -0.39 is 11.4 Å². The van der Waals surface area contributed by atoms with Gasteiger partial charge in [-0.3, -0.25) is 9.59 Å². The predicted molar refractivity (Wildman–Crippen MR) is 121 cm³/mol. The van der Waals surface area contributed by atoms with Crippen LogP contribution in [0.4, 0.5) is 0 Å². The molecule has 0 radical (unpaired) electrons. The first-order valence-corrected chi connectivity index (χ1v) is 11.3. The highest BCUT2D eigenvalue weighted by Gasteiger charge is 2.47. The molecule has 5 heteroatoms. The van der Waals surface area contributed by atoms with Gasteiger partial charge in [0.25, 0.3) is 0 Å². The maximum atomic E-state index is 12.8. The molecule has 1 fully saturated rings. The van der Waals surface area contributed by atoms with E-state index in [-0.39, 0.29) is 30.2 Å². The van der Waals surface area contributed by atoms with Crippen molar-refractivity contribution < 1.29 is 14.7 Å². The third-order valence-corrected chi connectivity index (χ3v) is 7.21. The number of carboxylic acids is 1. The molecule has 1 aromatic rings. The first-order chi connectivity index (χ1) is 13.8. The number of carbonyl (C=O) groups is 2. The standard InChI is InChI=1S/C25H34ClNO3/c1-15(2)20-14-27(10-9-23(29)30)22(28)13-25(20,6)16-7-8-17(21(26)11-16)18-12-19(18)24(3,4)5/h7-8,11,14-15,18-19H,9-10,12-13H2,1-6H3,(H,29,30)/t18?,19?,25-/m0/s1. The van der Waals surface area contributed by atoms with Gasteiger partial charge in [-0.15, -0.1) is 0 Å². The highest BCUT2D eigenvalue weighted by atomic mass is 35.5. The Morgan fingerprint density at radius 1 is 1.33 bits per heavy atom. The summed E-state index contributed by atoms with van der Waals surface area (Å²) in [6, 6.07) is 6.33. The Kier molecular flexibility index (Phi) is 6.12. The molecular weight excluding hydrogens is 398 g/mol. The molecule has 4 nitrogen and oxygen atoms in total. The molecule has 1 aliphatic heterocycles. The number of nitrogens with zero attached hydrogens (tertiary/aromatic N) is 1. The zero-order chi connectivity index (χ0) is 22.4. The molecule has 0 saturated heterocycles. The number of aliphatic carboxylic acids is 1. The van der Waals surface area contributed by atoms with Crippen molar-refractivity contribution in [1.29, 1.82) is 0 Å². The smallest absolute Gasteiger partial charge is 0.305 e. The van der Waals surface area contributed by atoms with Gasteiger partial charge in [-0.1, -0.05) is 65.3 Å². The van der Waals surface area contributed by atoms with Gasteiger partial charge in [0.2, 0.25) is 5.91 Å². The van der Waals surface area contributed by atoms with Gasteiger partial charge >= 0.3 is 5.97 Å². The van der Waals surface area contributed by atoms with Gasteiger partial charge < -0.3 is 10.0 Å². The van der Waals surface area contributed by atoms with Crippen LogP contribution in [0.2, 0.25) is 5.02 Å². The normalized spacial score (nSPS) is 26.7. The van der Waals surface area contributed by atoms with Crippen molar-refractivity contribution in [2.45, 2.75) is 72.1 Å². The zero-order valence-corrected chi connectivity index (χ0v) is 19.7. The first kappa shape index (κ1) is 22.9. The number of halogens is 1. The number of allylic oxidation sites excluding steroid dienone is 1. The molecule has 0 aromatic heterocycles. The van der Waals surface area contributed by atoms with Crippen LogP contribution in [-0.4, -0.2) is 28.4 Å². The van der Waals surface area contributed by atoms with E-state index in [0.29, 0.717) is 18.3 Å². The molecule has 2 unspecified atom stereocenters. The third-order valence-electron chi connectivity index (χ3n) is 6.89. The Labute approximate surface area is 185 Å². The second-order valence-electron chi connectivity index (χ2n) is 10.5. The maximum absolute atomic E-state index is 12.8. The summed E-state index contributed by atoms with van der Waals surface area (Å²) >= 11 is 6.76. The monoisotopic (exact) mass is 431 g/mol. The average molecular weight is 432 g/mol. The van der Waals surface area contributed by atoms with Gasteiger partial charge in [-0.2, -0.15) is 0 Å². The summed E-state index contributed by atoms with van der Waals surface area (Å²) in [6.07, 6.45) is 3.31. The van der Waals surface area contributed by atoms with E-state index in [1.165, 1.54) is 12.0 Å². The molecule has 164 valence electrons. The van der Waals surface area contributed by atoms with Gasteiger partial charge in [0.1, 0.15) is 0 Å². The second-order valence-corrected chi connectivity index (χ2v) is 10.9. The highest BCUT2D eigenvalue weighted by molar-refractivity contribution is 6.31. The van der Waals surface area contributed by atoms with Crippen LogP contribution in [0.3, 0.4) is 0 Å². The van der Waals surface area contributed by atoms with E-state index in [1.54, 1.807) is 4.90 Å². The first-order valence-electron chi connectivity index (χ1n) is 10.9. The Morgan fingerprint density at radius 3 is 2.50 bits per heavy atom. The number of amides is 1. The molecule has 1 N–H and O–H groups in total. The van der Waals surface area contributed by atoms with Crippen LogP contribution in [0.25, 0.3) is 0 Å². The molecule has 0 spiro atoms. The molecule has 1 aromatic carbocycles. The summed E-state index contributed by atoms with van der Waals surface area (Å²) in [5, 5.41) is 9.77. The molecule has 1 saturated carbocycles. The molecule has 3 rings (SSSR count). The van der Waals surface area contributed by atoms with E-state index in [1.807, 2.05) is 12.3 Å². The largest absolute Gasteiger partial charge is 0.481 e. The molecule has 3 atom stereocenters. The lowest BCUT2D eigenvalue weighted by Crippen LogP contribution is -2.42. The average Bonchev–Trinajstić information content (AvgIpc) is 3.41. The van der Waals surface area contributed by atoms with Gasteiger partial charge in [0, 0.05) is 29.6 Å². The fourth-order valence-corrected chi connectivity index (χ4v) is 5.34. The molecular formula is C25H34ClNO3. The summed E-state index contributed by atoms with van der Waals surface area (Å²) in [6.45, 7) is 13.4. The summed E-state index contributed by atoms with van der Waals surface area (Å²) in [5.41, 5.74) is 3.23. The van der Waals surface area contributed by atoms with Gasteiger partial charge in [0.05, 0.1) is 6.42 Å². The molecule has 2 aliphatic rings. The second kappa shape index (κ2) is 8.03. The fraction of sp³-hybridized carbons (Fsp3) is 0.600. The molecule has 1 amide bonds. The van der Waals surface area contributed by atoms with Crippen LogP contribution in [-0.2, 0) is 15.0 Å². The van der Waals surface area contributed by atoms with E-state index in [4.69, 9.17) is 16.7 Å². The van der Waals surface area contributed by atoms with Crippen molar-refractivity contribution >= 4 is 23.5 Å². The van der Waals surface area contributed by atoms with Crippen LogP contribution in [0.5, 0.6) is 0 Å². The van der Waals surface area contributed by atoms with Crippen molar-refractivity contribution in [3.05, 3.63) is 46.1 Å². The Hall–Kier alpha value is -1.81.